The van der Waals surface area contributed by atoms with Crippen LogP contribution in [0.3, 0.4) is 0 Å². The van der Waals surface area contributed by atoms with E-state index in [0.29, 0.717) is 27.1 Å². The van der Waals surface area contributed by atoms with Crippen molar-refractivity contribution < 1.29 is 19.4 Å². The van der Waals surface area contributed by atoms with Crippen molar-refractivity contribution in [2.24, 2.45) is 0 Å². The van der Waals surface area contributed by atoms with Gasteiger partial charge in [-0.2, -0.15) is 0 Å². The lowest BCUT2D eigenvalue weighted by Crippen LogP contribution is -2.43. The van der Waals surface area contributed by atoms with Gasteiger partial charge in [0.1, 0.15) is 11.6 Å². The maximum absolute atomic E-state index is 11.8. The van der Waals surface area contributed by atoms with E-state index in [0.717, 1.165) is 5.75 Å². The fraction of sp³-hybridized carbons (Fsp3) is 0.304. The highest BCUT2D eigenvalue weighted by Crippen LogP contribution is 2.38. The van der Waals surface area contributed by atoms with Gasteiger partial charge >= 0.3 is 5.97 Å². The van der Waals surface area contributed by atoms with Crippen LogP contribution in [0.25, 0.3) is 17.1 Å². The smallest absolute Gasteiger partial charge is 0.356 e. The van der Waals surface area contributed by atoms with Crippen LogP contribution >= 0.6 is 23.2 Å². The number of aliphatic hydroxyl groups excluding tert-OH is 1. The Morgan fingerprint density at radius 2 is 1.75 bits per heavy atom. The van der Waals surface area contributed by atoms with Gasteiger partial charge in [0.25, 0.3) is 0 Å². The van der Waals surface area contributed by atoms with E-state index < -0.39 is 20.9 Å². The highest BCUT2D eigenvalue weighted by molar-refractivity contribution is 6.74. The van der Waals surface area contributed by atoms with Crippen molar-refractivity contribution in [3.05, 3.63) is 63.9 Å². The molecule has 0 atom stereocenters. The van der Waals surface area contributed by atoms with E-state index >= 15 is 0 Å². The number of hydrogen-bond donors (Lipinski definition) is 2. The van der Waals surface area contributed by atoms with Crippen LogP contribution in [0.4, 0.5) is 0 Å². The zero-order valence-corrected chi connectivity index (χ0v) is 21.1. The predicted molar refractivity (Wildman–Crippen MR) is 130 cm³/mol. The van der Waals surface area contributed by atoms with Crippen molar-refractivity contribution in [3.63, 3.8) is 0 Å². The van der Waals surface area contributed by atoms with E-state index in [1.54, 1.807) is 22.8 Å². The number of carbonyl (C=O) groups is 1. The van der Waals surface area contributed by atoms with Gasteiger partial charge in [-0.05, 0) is 60.6 Å². The number of nitrogens with zero attached hydrogens (tertiary/aromatic N) is 2. The van der Waals surface area contributed by atoms with Crippen LogP contribution in [0.15, 0.2) is 42.5 Å². The minimum atomic E-state index is -2.01. The van der Waals surface area contributed by atoms with E-state index in [1.807, 2.05) is 24.3 Å². The summed E-state index contributed by atoms with van der Waals surface area (Å²) in [5.74, 6) is -0.210. The zero-order chi connectivity index (χ0) is 23.8. The van der Waals surface area contributed by atoms with E-state index in [4.69, 9.17) is 27.6 Å². The molecule has 0 aliphatic carbocycles. The largest absolute Gasteiger partial charge is 0.544 e. The van der Waals surface area contributed by atoms with Crippen molar-refractivity contribution in [1.82, 2.24) is 9.55 Å². The average molecular weight is 493 g/mol. The first-order valence-electron chi connectivity index (χ1n) is 10.1. The molecule has 3 aromatic rings. The Kier molecular flexibility index (Phi) is 6.77. The number of aromatic nitrogens is 2. The van der Waals surface area contributed by atoms with Gasteiger partial charge in [-0.25, -0.2) is 9.78 Å². The average Bonchev–Trinajstić information content (AvgIpc) is 3.07. The van der Waals surface area contributed by atoms with Gasteiger partial charge in [-0.15, -0.1) is 0 Å². The summed E-state index contributed by atoms with van der Waals surface area (Å²) in [4.78, 5) is 16.1. The summed E-state index contributed by atoms with van der Waals surface area (Å²) in [5.41, 5.74) is 1.03. The number of hydrogen-bond acceptors (Lipinski definition) is 4. The van der Waals surface area contributed by atoms with Gasteiger partial charge in [0, 0.05) is 16.3 Å². The Labute approximate surface area is 198 Å². The van der Waals surface area contributed by atoms with Crippen LogP contribution in [0.5, 0.6) is 5.75 Å². The fourth-order valence-corrected chi connectivity index (χ4v) is 4.54. The predicted octanol–water partition coefficient (Wildman–Crippen LogP) is 6.42. The topological polar surface area (TPSA) is 84.6 Å². The molecule has 32 heavy (non-hydrogen) atoms. The molecule has 0 amide bonds. The molecular weight excluding hydrogens is 467 g/mol. The minimum Gasteiger partial charge on any atom is -0.544 e. The minimum absolute atomic E-state index is 0.0506. The summed E-state index contributed by atoms with van der Waals surface area (Å²) in [6.45, 7) is 10.3. The summed E-state index contributed by atoms with van der Waals surface area (Å²) >= 11 is 12.4. The third-order valence-electron chi connectivity index (χ3n) is 5.77. The van der Waals surface area contributed by atoms with Crippen molar-refractivity contribution >= 4 is 37.5 Å². The molecule has 0 saturated heterocycles. The molecular formula is C23H26Cl2N2O4Si. The Hall–Kier alpha value is -2.32. The summed E-state index contributed by atoms with van der Waals surface area (Å²) in [6, 6.07) is 12.2. The molecule has 1 heterocycles. The summed E-state index contributed by atoms with van der Waals surface area (Å²) in [7, 11) is -2.01. The Morgan fingerprint density at radius 1 is 1.12 bits per heavy atom. The van der Waals surface area contributed by atoms with Gasteiger partial charge in [-0.3, -0.25) is 4.57 Å². The monoisotopic (exact) mass is 492 g/mol. The first kappa shape index (κ1) is 24.3. The first-order valence-corrected chi connectivity index (χ1v) is 13.7. The lowest BCUT2D eigenvalue weighted by atomic mass is 10.2. The van der Waals surface area contributed by atoms with Crippen LogP contribution in [-0.2, 0) is 6.61 Å². The molecule has 0 radical (unpaired) electrons. The normalized spacial score (nSPS) is 12.1. The summed E-state index contributed by atoms with van der Waals surface area (Å²) in [6.07, 6.45) is 0. The SMILES string of the molecule is CC(C)(C)[Si](C)(C)Oc1ccc(-n2c(-c3ccc(Cl)cc3Cl)nc(C(=O)O)c2CO)cc1. The van der Waals surface area contributed by atoms with Crippen molar-refractivity contribution in [1.29, 1.82) is 0 Å². The first-order chi connectivity index (χ1) is 14.9. The quantitative estimate of drug-likeness (QED) is 0.387. The molecule has 2 N–H and O–H groups in total. The standard InChI is InChI=1S/C23H26Cl2N2O4Si/c1-23(2,3)32(4,5)31-16-9-7-15(8-10-16)27-19(13-28)20(22(29)30)26-21(27)17-11-6-14(24)12-18(17)25/h6-12,28H,13H2,1-5H3,(H,29,30). The van der Waals surface area contributed by atoms with Gasteiger partial charge in [0.05, 0.1) is 17.3 Å². The highest BCUT2D eigenvalue weighted by atomic mass is 35.5. The van der Waals surface area contributed by atoms with Gasteiger partial charge in [0.2, 0.25) is 8.32 Å². The van der Waals surface area contributed by atoms with E-state index in [9.17, 15) is 15.0 Å². The molecule has 0 fully saturated rings. The molecule has 170 valence electrons. The van der Waals surface area contributed by atoms with Crippen molar-refractivity contribution in [2.45, 2.75) is 45.5 Å². The molecule has 0 bridgehead atoms. The molecule has 3 rings (SSSR count). The van der Waals surface area contributed by atoms with Crippen LogP contribution in [0.1, 0.15) is 37.0 Å². The number of carboxylic acids is 1. The summed E-state index contributed by atoms with van der Waals surface area (Å²) < 4.78 is 7.93. The maximum atomic E-state index is 11.8. The number of aromatic carboxylic acids is 1. The van der Waals surface area contributed by atoms with Crippen LogP contribution in [0.2, 0.25) is 28.2 Å². The van der Waals surface area contributed by atoms with E-state index in [-0.39, 0.29) is 16.4 Å². The van der Waals surface area contributed by atoms with E-state index in [1.165, 1.54) is 0 Å². The molecule has 0 saturated carbocycles. The second-order valence-electron chi connectivity index (χ2n) is 9.01. The third kappa shape index (κ3) is 4.71. The number of carboxylic acid groups (broad SMARTS) is 1. The molecule has 2 aromatic carbocycles. The third-order valence-corrected chi connectivity index (χ3v) is 10.7. The highest BCUT2D eigenvalue weighted by Gasteiger charge is 2.39. The Morgan fingerprint density at radius 3 is 2.25 bits per heavy atom. The number of halogens is 2. The van der Waals surface area contributed by atoms with E-state index in [2.05, 4.69) is 38.8 Å². The fourth-order valence-electron chi connectivity index (χ4n) is 3.01. The Bertz CT molecular complexity index is 1150. The molecule has 0 spiro atoms. The second kappa shape index (κ2) is 8.90. The molecule has 6 nitrogen and oxygen atoms in total. The van der Waals surface area contributed by atoms with Gasteiger partial charge in [0.15, 0.2) is 5.69 Å². The molecule has 0 aliphatic rings. The van der Waals surface area contributed by atoms with Crippen LogP contribution < -0.4 is 4.43 Å². The lowest BCUT2D eigenvalue weighted by molar-refractivity contribution is 0.0687. The summed E-state index contributed by atoms with van der Waals surface area (Å²) in [5, 5.41) is 20.4. The number of aliphatic hydroxyl groups is 1. The van der Waals surface area contributed by atoms with Crippen molar-refractivity contribution in [2.75, 3.05) is 0 Å². The molecule has 0 unspecified atom stereocenters. The molecule has 9 heteroatoms. The number of benzene rings is 2. The second-order valence-corrected chi connectivity index (χ2v) is 14.6. The Balaban J connectivity index is 2.13. The van der Waals surface area contributed by atoms with Crippen LogP contribution in [0, 0.1) is 0 Å². The van der Waals surface area contributed by atoms with Gasteiger partial charge in [-0.1, -0.05) is 44.0 Å². The number of rotatable bonds is 6. The molecule has 0 aliphatic heterocycles. The number of imidazole rings is 1. The molecule has 1 aromatic heterocycles. The zero-order valence-electron chi connectivity index (χ0n) is 18.6. The maximum Gasteiger partial charge on any atom is 0.356 e. The van der Waals surface area contributed by atoms with Gasteiger partial charge < -0.3 is 14.6 Å². The lowest BCUT2D eigenvalue weighted by Gasteiger charge is -2.36. The van der Waals surface area contributed by atoms with Crippen molar-refractivity contribution in [3.8, 4) is 22.8 Å². The van der Waals surface area contributed by atoms with Crippen LogP contribution in [-0.4, -0.2) is 34.1 Å².